The van der Waals surface area contributed by atoms with Gasteiger partial charge in [-0.2, -0.15) is 0 Å². The summed E-state index contributed by atoms with van der Waals surface area (Å²) < 4.78 is 0. The van der Waals surface area contributed by atoms with Gasteiger partial charge in [-0.15, -0.1) is 0 Å². The third-order valence-electron chi connectivity index (χ3n) is 3.75. The number of nitrogens with zero attached hydrogens (tertiary/aromatic N) is 2. The van der Waals surface area contributed by atoms with Gasteiger partial charge in [-0.05, 0) is 43.5 Å². The summed E-state index contributed by atoms with van der Waals surface area (Å²) in [6.07, 6.45) is 7.71. The normalized spacial score (nSPS) is 17.1. The molecule has 1 aliphatic rings. The van der Waals surface area contributed by atoms with E-state index in [9.17, 15) is 0 Å². The molecule has 1 atom stereocenters. The molecule has 1 aromatic rings. The maximum absolute atomic E-state index is 4.08. The van der Waals surface area contributed by atoms with Crippen LogP contribution < -0.4 is 5.32 Å². The summed E-state index contributed by atoms with van der Waals surface area (Å²) in [5.74, 6) is 0. The summed E-state index contributed by atoms with van der Waals surface area (Å²) in [6, 6.07) is 5.68. The summed E-state index contributed by atoms with van der Waals surface area (Å²) in [7, 11) is 0. The highest BCUT2D eigenvalue weighted by molar-refractivity contribution is 5.09. The topological polar surface area (TPSA) is 28.2 Å². The lowest BCUT2D eigenvalue weighted by Crippen LogP contribution is -2.42. The average molecular weight is 247 g/mol. The summed E-state index contributed by atoms with van der Waals surface area (Å²) in [6.45, 7) is 7.80. The number of nitrogens with one attached hydrogen (secondary N) is 1. The molecule has 1 fully saturated rings. The maximum Gasteiger partial charge on any atom is 0.0271 e. The third kappa shape index (κ3) is 4.07. The van der Waals surface area contributed by atoms with Crippen LogP contribution in [0.3, 0.4) is 0 Å². The number of rotatable bonds is 8. The van der Waals surface area contributed by atoms with E-state index in [1.807, 2.05) is 12.4 Å². The van der Waals surface area contributed by atoms with Crippen molar-refractivity contribution in [1.29, 1.82) is 0 Å². The Morgan fingerprint density at radius 2 is 2.06 bits per heavy atom. The van der Waals surface area contributed by atoms with Crippen molar-refractivity contribution in [3.05, 3.63) is 30.1 Å². The smallest absolute Gasteiger partial charge is 0.0271 e. The minimum Gasteiger partial charge on any atom is -0.312 e. The van der Waals surface area contributed by atoms with Gasteiger partial charge < -0.3 is 5.32 Å². The van der Waals surface area contributed by atoms with E-state index in [-0.39, 0.29) is 0 Å². The van der Waals surface area contributed by atoms with Gasteiger partial charge in [0.2, 0.25) is 0 Å². The molecule has 1 saturated carbocycles. The van der Waals surface area contributed by atoms with Gasteiger partial charge >= 0.3 is 0 Å². The zero-order valence-electron chi connectivity index (χ0n) is 11.6. The monoisotopic (exact) mass is 247 g/mol. The van der Waals surface area contributed by atoms with E-state index in [1.165, 1.54) is 24.8 Å². The van der Waals surface area contributed by atoms with Gasteiger partial charge in [-0.1, -0.05) is 13.8 Å². The van der Waals surface area contributed by atoms with E-state index in [4.69, 9.17) is 0 Å². The van der Waals surface area contributed by atoms with E-state index in [0.717, 1.165) is 25.7 Å². The van der Waals surface area contributed by atoms with Gasteiger partial charge in [0.1, 0.15) is 0 Å². The van der Waals surface area contributed by atoms with Crippen molar-refractivity contribution < 1.29 is 0 Å². The van der Waals surface area contributed by atoms with Crippen molar-refractivity contribution in [3.8, 4) is 0 Å². The molecule has 1 N–H and O–H groups in total. The number of aromatic nitrogens is 1. The van der Waals surface area contributed by atoms with Crippen molar-refractivity contribution >= 4 is 0 Å². The first-order chi connectivity index (χ1) is 8.83. The van der Waals surface area contributed by atoms with Crippen LogP contribution in [0.4, 0.5) is 0 Å². The lowest BCUT2D eigenvalue weighted by atomic mass is 10.1. The van der Waals surface area contributed by atoms with Gasteiger partial charge in [0.15, 0.2) is 0 Å². The van der Waals surface area contributed by atoms with E-state index in [1.54, 1.807) is 0 Å². The minimum atomic E-state index is 0.642. The first-order valence-electron chi connectivity index (χ1n) is 7.19. The first-order valence-corrected chi connectivity index (χ1v) is 7.19. The molecule has 1 aliphatic carbocycles. The largest absolute Gasteiger partial charge is 0.312 e. The Morgan fingerprint density at radius 1 is 1.33 bits per heavy atom. The van der Waals surface area contributed by atoms with Gasteiger partial charge in [0.05, 0.1) is 0 Å². The van der Waals surface area contributed by atoms with Crippen molar-refractivity contribution in [1.82, 2.24) is 15.2 Å². The molecule has 18 heavy (non-hydrogen) atoms. The van der Waals surface area contributed by atoms with Gasteiger partial charge in [-0.25, -0.2) is 0 Å². The van der Waals surface area contributed by atoms with Gasteiger partial charge in [-0.3, -0.25) is 9.88 Å². The van der Waals surface area contributed by atoms with Crippen LogP contribution in [0, 0.1) is 0 Å². The van der Waals surface area contributed by atoms with E-state index in [0.29, 0.717) is 6.04 Å². The molecule has 3 nitrogen and oxygen atoms in total. The summed E-state index contributed by atoms with van der Waals surface area (Å²) in [5.41, 5.74) is 1.36. The van der Waals surface area contributed by atoms with Crippen LogP contribution in [0.25, 0.3) is 0 Å². The average Bonchev–Trinajstić information content (AvgIpc) is 3.23. The summed E-state index contributed by atoms with van der Waals surface area (Å²) >= 11 is 0. The lowest BCUT2D eigenvalue weighted by molar-refractivity contribution is 0.187. The first kappa shape index (κ1) is 13.5. The summed E-state index contributed by atoms with van der Waals surface area (Å²) in [5, 5.41) is 3.65. The van der Waals surface area contributed by atoms with Crippen molar-refractivity contribution in [3.63, 3.8) is 0 Å². The van der Waals surface area contributed by atoms with Crippen molar-refractivity contribution in [2.75, 3.05) is 13.1 Å². The second-order valence-electron chi connectivity index (χ2n) is 5.16. The van der Waals surface area contributed by atoms with Crippen LogP contribution >= 0.6 is 0 Å². The number of hydrogen-bond acceptors (Lipinski definition) is 3. The highest BCUT2D eigenvalue weighted by atomic mass is 15.2. The molecular formula is C15H25N3. The Hall–Kier alpha value is -0.930. The molecule has 0 saturated heterocycles. The lowest BCUT2D eigenvalue weighted by Gasteiger charge is -2.30. The fourth-order valence-corrected chi connectivity index (χ4v) is 2.34. The van der Waals surface area contributed by atoms with Crippen LogP contribution in [0.2, 0.25) is 0 Å². The highest BCUT2D eigenvalue weighted by Gasteiger charge is 2.23. The van der Waals surface area contributed by atoms with Crippen LogP contribution in [0.5, 0.6) is 0 Å². The molecule has 0 aliphatic heterocycles. The second-order valence-corrected chi connectivity index (χ2v) is 5.16. The van der Waals surface area contributed by atoms with Crippen LogP contribution in [-0.2, 0) is 6.54 Å². The second kappa shape index (κ2) is 6.86. The Labute approximate surface area is 111 Å². The Balaban J connectivity index is 1.87. The molecule has 1 heterocycles. The van der Waals surface area contributed by atoms with Gasteiger partial charge in [0, 0.05) is 37.6 Å². The predicted octanol–water partition coefficient (Wildman–Crippen LogP) is 2.43. The van der Waals surface area contributed by atoms with Crippen LogP contribution in [-0.4, -0.2) is 35.1 Å². The molecule has 2 rings (SSSR count). The molecule has 1 aromatic heterocycles. The van der Waals surface area contributed by atoms with Crippen molar-refractivity contribution in [2.45, 2.75) is 51.7 Å². The number of pyridine rings is 1. The molecule has 100 valence electrons. The van der Waals surface area contributed by atoms with E-state index >= 15 is 0 Å². The molecule has 0 bridgehead atoms. The molecule has 0 aromatic carbocycles. The van der Waals surface area contributed by atoms with E-state index < -0.39 is 0 Å². The Kier molecular flexibility index (Phi) is 5.14. The standard InChI is InChI=1S/C15H25N3/c1-3-15(11-17-14-5-6-14)18(4-2)12-13-7-9-16-10-8-13/h7-10,14-15,17H,3-6,11-12H2,1-2H3. The molecule has 1 unspecified atom stereocenters. The number of likely N-dealkylation sites (N-methyl/N-ethyl adjacent to an activating group) is 1. The zero-order valence-corrected chi connectivity index (χ0v) is 11.6. The molecular weight excluding hydrogens is 222 g/mol. The molecule has 0 radical (unpaired) electrons. The van der Waals surface area contributed by atoms with Crippen LogP contribution in [0.1, 0.15) is 38.7 Å². The minimum absolute atomic E-state index is 0.642. The van der Waals surface area contributed by atoms with Crippen LogP contribution in [0.15, 0.2) is 24.5 Å². The fraction of sp³-hybridized carbons (Fsp3) is 0.667. The zero-order chi connectivity index (χ0) is 12.8. The predicted molar refractivity (Wildman–Crippen MR) is 75.4 cm³/mol. The third-order valence-corrected chi connectivity index (χ3v) is 3.75. The number of hydrogen-bond donors (Lipinski definition) is 1. The maximum atomic E-state index is 4.08. The molecule has 0 amide bonds. The van der Waals surface area contributed by atoms with E-state index in [2.05, 4.69) is 41.2 Å². The molecule has 3 heteroatoms. The highest BCUT2D eigenvalue weighted by Crippen LogP contribution is 2.19. The Morgan fingerprint density at radius 3 is 2.61 bits per heavy atom. The summed E-state index contributed by atoms with van der Waals surface area (Å²) in [4.78, 5) is 6.64. The SMILES string of the molecule is CCC(CNC1CC1)N(CC)Cc1ccncc1. The van der Waals surface area contributed by atoms with Gasteiger partial charge in [0.25, 0.3) is 0 Å². The Bertz CT molecular complexity index is 335. The quantitative estimate of drug-likeness (QED) is 0.765. The van der Waals surface area contributed by atoms with Crippen molar-refractivity contribution in [2.24, 2.45) is 0 Å². The fourth-order valence-electron chi connectivity index (χ4n) is 2.34. The molecule has 0 spiro atoms.